The number of furan rings is 1. The fraction of sp³-hybridized carbons (Fsp3) is 0.450. The molecule has 2 atom stereocenters. The number of imidazole rings is 1. The Kier molecular flexibility index (Phi) is 4.85. The van der Waals surface area contributed by atoms with Crippen molar-refractivity contribution in [1.82, 2.24) is 14.3 Å². The molecule has 0 aromatic carbocycles. The van der Waals surface area contributed by atoms with Gasteiger partial charge in [-0.1, -0.05) is 18.9 Å². The zero-order valence-corrected chi connectivity index (χ0v) is 14.4. The number of hydrogen-bond acceptors (Lipinski definition) is 4. The molecule has 4 rings (SSSR count). The van der Waals surface area contributed by atoms with E-state index >= 15 is 0 Å². The molecule has 1 aliphatic rings. The number of likely N-dealkylation sites (tertiary alicyclic amines) is 1. The first kappa shape index (κ1) is 16.4. The van der Waals surface area contributed by atoms with Crippen LogP contribution in [0.3, 0.4) is 0 Å². The zero-order valence-electron chi connectivity index (χ0n) is 14.4. The summed E-state index contributed by atoms with van der Waals surface area (Å²) in [5, 5.41) is 10.5. The summed E-state index contributed by atoms with van der Waals surface area (Å²) in [5.74, 6) is 0.664. The molecular weight excluding hydrogens is 314 g/mol. The van der Waals surface area contributed by atoms with E-state index in [9.17, 15) is 5.11 Å². The van der Waals surface area contributed by atoms with Crippen molar-refractivity contribution in [3.8, 4) is 0 Å². The molecule has 0 radical (unpaired) electrons. The van der Waals surface area contributed by atoms with Gasteiger partial charge in [0.1, 0.15) is 17.5 Å². The molecule has 1 fully saturated rings. The lowest BCUT2D eigenvalue weighted by Gasteiger charge is -2.30. The summed E-state index contributed by atoms with van der Waals surface area (Å²) in [4.78, 5) is 7.23. The Balaban J connectivity index is 1.49. The molecule has 2 unspecified atom stereocenters. The largest absolute Gasteiger partial charge is 0.467 e. The van der Waals surface area contributed by atoms with Crippen LogP contribution in [0, 0.1) is 0 Å². The number of aliphatic hydroxyl groups excluding tert-OH is 1. The Morgan fingerprint density at radius 3 is 3.00 bits per heavy atom. The minimum absolute atomic E-state index is 0.354. The highest BCUT2D eigenvalue weighted by molar-refractivity contribution is 5.39. The normalized spacial score (nSPS) is 20.6. The van der Waals surface area contributed by atoms with Gasteiger partial charge in [-0.15, -0.1) is 0 Å². The van der Waals surface area contributed by atoms with Crippen molar-refractivity contribution < 1.29 is 9.52 Å². The monoisotopic (exact) mass is 339 g/mol. The van der Waals surface area contributed by atoms with Gasteiger partial charge < -0.3 is 13.9 Å². The van der Waals surface area contributed by atoms with Crippen LogP contribution in [0.1, 0.15) is 49.7 Å². The molecule has 4 heterocycles. The molecule has 0 bridgehead atoms. The van der Waals surface area contributed by atoms with Crippen molar-refractivity contribution in [3.63, 3.8) is 0 Å². The average Bonchev–Trinajstić information content (AvgIpc) is 3.24. The van der Waals surface area contributed by atoms with Crippen LogP contribution in [-0.2, 0) is 6.54 Å². The molecule has 3 aromatic heterocycles. The summed E-state index contributed by atoms with van der Waals surface area (Å²) in [6.07, 6.45) is 10.7. The van der Waals surface area contributed by atoms with Crippen molar-refractivity contribution in [1.29, 1.82) is 0 Å². The summed E-state index contributed by atoms with van der Waals surface area (Å²) in [7, 11) is 0. The zero-order chi connectivity index (χ0) is 17.1. The molecule has 3 aromatic rings. The van der Waals surface area contributed by atoms with E-state index in [1.807, 2.05) is 36.5 Å². The third-order valence-electron chi connectivity index (χ3n) is 5.14. The van der Waals surface area contributed by atoms with Gasteiger partial charge in [0.2, 0.25) is 0 Å². The first-order chi connectivity index (χ1) is 12.3. The van der Waals surface area contributed by atoms with Crippen molar-refractivity contribution in [2.45, 2.75) is 50.8 Å². The number of pyridine rings is 1. The van der Waals surface area contributed by atoms with E-state index < -0.39 is 6.10 Å². The molecule has 1 N–H and O–H groups in total. The molecule has 0 aliphatic carbocycles. The Labute approximate surface area is 147 Å². The van der Waals surface area contributed by atoms with Crippen LogP contribution >= 0.6 is 0 Å². The van der Waals surface area contributed by atoms with E-state index in [0.29, 0.717) is 18.2 Å². The Hall–Kier alpha value is -2.11. The fourth-order valence-corrected chi connectivity index (χ4v) is 3.84. The SMILES string of the molecule is OC(CC1CCCCCN1Cc1cn2ccccc2n1)c1ccco1. The first-order valence-corrected chi connectivity index (χ1v) is 9.18. The smallest absolute Gasteiger partial charge is 0.137 e. The van der Waals surface area contributed by atoms with Gasteiger partial charge in [-0.05, 0) is 50.1 Å². The van der Waals surface area contributed by atoms with E-state index in [0.717, 1.165) is 30.9 Å². The molecule has 1 aliphatic heterocycles. The molecule has 0 spiro atoms. The number of fused-ring (bicyclic) bond motifs is 1. The number of aromatic nitrogens is 2. The van der Waals surface area contributed by atoms with E-state index in [1.54, 1.807) is 6.26 Å². The minimum atomic E-state index is -0.540. The lowest BCUT2D eigenvalue weighted by Crippen LogP contribution is -2.35. The summed E-state index contributed by atoms with van der Waals surface area (Å²) >= 11 is 0. The van der Waals surface area contributed by atoms with Crippen molar-refractivity contribution >= 4 is 5.65 Å². The molecule has 0 saturated carbocycles. The standard InChI is InChI=1S/C20H25N3O2/c24-18(19-8-6-12-25-19)13-17-7-2-1-4-10-22(17)14-16-15-23-11-5-3-9-20(23)21-16/h3,5-6,8-9,11-12,15,17-18,24H,1-2,4,7,10,13-14H2. The maximum absolute atomic E-state index is 10.5. The van der Waals surface area contributed by atoms with Crippen molar-refractivity contribution in [2.24, 2.45) is 0 Å². The van der Waals surface area contributed by atoms with Crippen LogP contribution < -0.4 is 0 Å². The van der Waals surface area contributed by atoms with E-state index in [-0.39, 0.29) is 0 Å². The summed E-state index contributed by atoms with van der Waals surface area (Å²) in [5.41, 5.74) is 2.07. The minimum Gasteiger partial charge on any atom is -0.467 e. The van der Waals surface area contributed by atoms with Crippen LogP contribution in [0.4, 0.5) is 0 Å². The number of hydrogen-bond donors (Lipinski definition) is 1. The highest BCUT2D eigenvalue weighted by atomic mass is 16.4. The van der Waals surface area contributed by atoms with E-state index in [2.05, 4.69) is 15.5 Å². The van der Waals surface area contributed by atoms with Gasteiger partial charge in [0.25, 0.3) is 0 Å². The molecule has 132 valence electrons. The maximum atomic E-state index is 10.5. The number of rotatable bonds is 5. The van der Waals surface area contributed by atoms with Gasteiger partial charge in [-0.3, -0.25) is 4.90 Å². The van der Waals surface area contributed by atoms with Crippen LogP contribution in [0.5, 0.6) is 0 Å². The van der Waals surface area contributed by atoms with Gasteiger partial charge in [-0.25, -0.2) is 4.98 Å². The van der Waals surface area contributed by atoms with Gasteiger partial charge >= 0.3 is 0 Å². The summed E-state index contributed by atoms with van der Waals surface area (Å²) in [6, 6.07) is 10.1. The predicted molar refractivity (Wildman–Crippen MR) is 96.1 cm³/mol. The third kappa shape index (κ3) is 3.78. The van der Waals surface area contributed by atoms with Gasteiger partial charge in [-0.2, -0.15) is 0 Å². The second-order valence-corrected chi connectivity index (χ2v) is 6.94. The maximum Gasteiger partial charge on any atom is 0.137 e. The van der Waals surface area contributed by atoms with Gasteiger partial charge in [0, 0.05) is 25.0 Å². The van der Waals surface area contributed by atoms with Crippen LogP contribution in [0.25, 0.3) is 5.65 Å². The van der Waals surface area contributed by atoms with Gasteiger partial charge in [0.15, 0.2) is 0 Å². The first-order valence-electron chi connectivity index (χ1n) is 9.18. The Bertz CT molecular complexity index is 763. The van der Waals surface area contributed by atoms with Crippen LogP contribution in [0.15, 0.2) is 53.4 Å². The third-order valence-corrected chi connectivity index (χ3v) is 5.14. The molecule has 5 nitrogen and oxygen atoms in total. The topological polar surface area (TPSA) is 53.9 Å². The van der Waals surface area contributed by atoms with E-state index in [4.69, 9.17) is 9.40 Å². The number of nitrogens with zero attached hydrogens (tertiary/aromatic N) is 3. The molecular formula is C20H25N3O2. The highest BCUT2D eigenvalue weighted by Gasteiger charge is 2.26. The predicted octanol–water partition coefficient (Wildman–Crippen LogP) is 3.80. The highest BCUT2D eigenvalue weighted by Crippen LogP contribution is 2.27. The van der Waals surface area contributed by atoms with E-state index in [1.165, 1.54) is 19.3 Å². The molecule has 25 heavy (non-hydrogen) atoms. The van der Waals surface area contributed by atoms with Crippen LogP contribution in [0.2, 0.25) is 0 Å². The quantitative estimate of drug-likeness (QED) is 0.768. The van der Waals surface area contributed by atoms with Gasteiger partial charge in [0.05, 0.1) is 12.0 Å². The summed E-state index contributed by atoms with van der Waals surface area (Å²) < 4.78 is 7.45. The second-order valence-electron chi connectivity index (χ2n) is 6.94. The van der Waals surface area contributed by atoms with Crippen LogP contribution in [-0.4, -0.2) is 32.0 Å². The summed E-state index contributed by atoms with van der Waals surface area (Å²) in [6.45, 7) is 1.89. The molecule has 1 saturated heterocycles. The lowest BCUT2D eigenvalue weighted by atomic mass is 10.0. The number of aliphatic hydroxyl groups is 1. The van der Waals surface area contributed by atoms with Crippen molar-refractivity contribution in [2.75, 3.05) is 6.54 Å². The molecule has 0 amide bonds. The fourth-order valence-electron chi connectivity index (χ4n) is 3.84. The van der Waals surface area contributed by atoms with Crippen molar-refractivity contribution in [3.05, 3.63) is 60.4 Å². The Morgan fingerprint density at radius 2 is 2.16 bits per heavy atom. The Morgan fingerprint density at radius 1 is 1.20 bits per heavy atom. The second kappa shape index (κ2) is 7.42. The average molecular weight is 339 g/mol. The molecule has 5 heteroatoms. The lowest BCUT2D eigenvalue weighted by molar-refractivity contribution is 0.0825.